The first kappa shape index (κ1) is 7.26. The van der Waals surface area contributed by atoms with Crippen molar-refractivity contribution in [3.05, 3.63) is 21.9 Å². The molecule has 3 nitrogen and oxygen atoms in total. The van der Waals surface area contributed by atoms with Gasteiger partial charge < -0.3 is 0 Å². The molecule has 0 saturated carbocycles. The van der Waals surface area contributed by atoms with E-state index in [4.69, 9.17) is 12.8 Å². The first-order valence-electron chi connectivity index (χ1n) is 1.99. The van der Waals surface area contributed by atoms with Crippen molar-refractivity contribution in [3.63, 3.8) is 0 Å². The highest BCUT2D eigenvalue weighted by molar-refractivity contribution is 5.25. The number of terminal acetylenes is 2. The predicted molar refractivity (Wildman–Crippen MR) is 32.7 cm³/mol. The molecule has 0 aliphatic heterocycles. The summed E-state index contributed by atoms with van der Waals surface area (Å²) in [4.78, 5) is 9.11. The lowest BCUT2D eigenvalue weighted by Crippen LogP contribution is -1.94. The number of nitro groups is 1. The molecule has 0 N–H and O–H groups in total. The maximum Gasteiger partial charge on any atom is 0.327 e. The number of nitrogens with zero attached hydrogens (tertiary/aromatic N) is 1. The minimum absolute atomic E-state index is 0.391. The maximum atomic E-state index is 9.82. The molecule has 0 heterocycles. The summed E-state index contributed by atoms with van der Waals surface area (Å²) in [7, 11) is 0. The highest BCUT2D eigenvalue weighted by Crippen LogP contribution is 1.89. The summed E-state index contributed by atoms with van der Waals surface area (Å²) in [5.41, 5.74) is -0.391. The summed E-state index contributed by atoms with van der Waals surface area (Å²) in [6, 6.07) is 0. The number of allylic oxidation sites excluding steroid dienone is 2. The van der Waals surface area contributed by atoms with Gasteiger partial charge in [-0.15, -0.1) is 12.8 Å². The van der Waals surface area contributed by atoms with Gasteiger partial charge in [-0.3, -0.25) is 10.1 Å². The van der Waals surface area contributed by atoms with Gasteiger partial charge in [0.2, 0.25) is 0 Å². The highest BCUT2D eigenvalue weighted by Gasteiger charge is 2.01. The molecule has 0 fully saturated rings. The Balaban J connectivity index is 4.45. The lowest BCUT2D eigenvalue weighted by molar-refractivity contribution is -0.417. The molecule has 0 aromatic rings. The molecule has 0 aliphatic carbocycles. The van der Waals surface area contributed by atoms with Gasteiger partial charge in [-0.05, 0) is 0 Å². The van der Waals surface area contributed by atoms with E-state index >= 15 is 0 Å². The van der Waals surface area contributed by atoms with Crippen molar-refractivity contribution in [3.8, 4) is 24.7 Å². The largest absolute Gasteiger partial charge is 0.327 e. The lowest BCUT2D eigenvalue weighted by atomic mass is 10.4. The Labute approximate surface area is 52.5 Å². The van der Waals surface area contributed by atoms with Gasteiger partial charge in [-0.1, -0.05) is 5.92 Å². The smallest absolute Gasteiger partial charge is 0.258 e. The fourth-order valence-corrected chi connectivity index (χ4v) is 0.226. The number of hydrogen-bond acceptors (Lipinski definition) is 2. The first-order chi connectivity index (χ1) is 4.22. The first-order valence-corrected chi connectivity index (χ1v) is 1.99. The minimum atomic E-state index is -0.708. The Kier molecular flexibility index (Phi) is 2.65. The van der Waals surface area contributed by atoms with Gasteiger partial charge in [0.25, 0.3) is 0 Å². The van der Waals surface area contributed by atoms with E-state index in [0.29, 0.717) is 0 Å². The van der Waals surface area contributed by atoms with Crippen LogP contribution in [0, 0.1) is 34.8 Å². The van der Waals surface area contributed by atoms with Crippen molar-refractivity contribution in [2.75, 3.05) is 0 Å². The molecule has 9 heavy (non-hydrogen) atoms. The van der Waals surface area contributed by atoms with Crippen molar-refractivity contribution in [1.29, 1.82) is 0 Å². The molecule has 0 saturated heterocycles. The third-order valence-electron chi connectivity index (χ3n) is 0.565. The molecule has 0 aromatic heterocycles. The van der Waals surface area contributed by atoms with Crippen molar-refractivity contribution >= 4 is 0 Å². The average Bonchev–Trinajstić information content (AvgIpc) is 1.82. The average molecular weight is 121 g/mol. The topological polar surface area (TPSA) is 43.1 Å². The zero-order valence-corrected chi connectivity index (χ0v) is 4.50. The van der Waals surface area contributed by atoms with Gasteiger partial charge in [-0.2, -0.15) is 0 Å². The van der Waals surface area contributed by atoms with Crippen molar-refractivity contribution in [2.45, 2.75) is 0 Å². The van der Waals surface area contributed by atoms with Crippen molar-refractivity contribution in [1.82, 2.24) is 0 Å². The van der Waals surface area contributed by atoms with E-state index in [1.807, 2.05) is 11.8 Å². The molecule has 0 unspecified atom stereocenters. The minimum Gasteiger partial charge on any atom is -0.258 e. The second-order valence-electron chi connectivity index (χ2n) is 1.10. The van der Waals surface area contributed by atoms with Crippen LogP contribution in [0.3, 0.4) is 0 Å². The SMILES string of the molecule is C#C/C=C(\C#C)[N+](=O)[O-]. The van der Waals surface area contributed by atoms with Crippen LogP contribution in [0.5, 0.6) is 0 Å². The molecule has 0 aliphatic rings. The van der Waals surface area contributed by atoms with Gasteiger partial charge >= 0.3 is 5.70 Å². The monoisotopic (exact) mass is 121 g/mol. The Hall–Kier alpha value is -1.74. The summed E-state index contributed by atoms with van der Waals surface area (Å²) in [6.45, 7) is 0. The molecular weight excluding hydrogens is 118 g/mol. The van der Waals surface area contributed by atoms with E-state index < -0.39 is 10.6 Å². The van der Waals surface area contributed by atoms with Gasteiger partial charge in [0, 0.05) is 5.92 Å². The van der Waals surface area contributed by atoms with Crippen LogP contribution in [0.1, 0.15) is 0 Å². The number of hydrogen-bond donors (Lipinski definition) is 0. The third-order valence-corrected chi connectivity index (χ3v) is 0.565. The summed E-state index contributed by atoms with van der Waals surface area (Å²) in [6.07, 6.45) is 10.4. The van der Waals surface area contributed by atoms with Crippen LogP contribution in [0.2, 0.25) is 0 Å². The molecular formula is C6H3NO2. The maximum absolute atomic E-state index is 9.82. The van der Waals surface area contributed by atoms with E-state index in [0.717, 1.165) is 6.08 Å². The molecule has 44 valence electrons. The fraction of sp³-hybridized carbons (Fsp3) is 0. The normalized spacial score (nSPS) is 9.33. The van der Waals surface area contributed by atoms with Crippen LogP contribution in [-0.2, 0) is 0 Å². The zero-order chi connectivity index (χ0) is 7.28. The molecule has 0 aromatic carbocycles. The van der Waals surface area contributed by atoms with Crippen LogP contribution in [0.15, 0.2) is 11.8 Å². The molecule has 0 amide bonds. The fourth-order valence-electron chi connectivity index (χ4n) is 0.226. The second kappa shape index (κ2) is 3.29. The highest BCUT2D eigenvalue weighted by atomic mass is 16.6. The Morgan fingerprint density at radius 1 is 1.67 bits per heavy atom. The zero-order valence-electron chi connectivity index (χ0n) is 4.50. The van der Waals surface area contributed by atoms with E-state index in [9.17, 15) is 10.1 Å². The Morgan fingerprint density at radius 2 is 2.22 bits per heavy atom. The van der Waals surface area contributed by atoms with Crippen LogP contribution in [0.4, 0.5) is 0 Å². The molecule has 0 rings (SSSR count). The van der Waals surface area contributed by atoms with E-state index in [2.05, 4.69) is 0 Å². The van der Waals surface area contributed by atoms with Crippen LogP contribution < -0.4 is 0 Å². The molecule has 0 spiro atoms. The summed E-state index contributed by atoms with van der Waals surface area (Å²) in [5.74, 6) is 3.78. The quantitative estimate of drug-likeness (QED) is 0.286. The van der Waals surface area contributed by atoms with Gasteiger partial charge in [0.15, 0.2) is 0 Å². The van der Waals surface area contributed by atoms with Gasteiger partial charge in [0.05, 0.1) is 11.0 Å². The van der Waals surface area contributed by atoms with Crippen LogP contribution in [0.25, 0.3) is 0 Å². The van der Waals surface area contributed by atoms with Crippen LogP contribution in [-0.4, -0.2) is 4.92 Å². The third kappa shape index (κ3) is 2.16. The molecule has 0 bridgehead atoms. The van der Waals surface area contributed by atoms with Gasteiger partial charge in [0.1, 0.15) is 0 Å². The Morgan fingerprint density at radius 3 is 2.33 bits per heavy atom. The van der Waals surface area contributed by atoms with Crippen molar-refractivity contribution < 1.29 is 4.92 Å². The van der Waals surface area contributed by atoms with Gasteiger partial charge in [-0.25, -0.2) is 0 Å². The number of rotatable bonds is 1. The summed E-state index contributed by atoms with van der Waals surface area (Å²) < 4.78 is 0. The predicted octanol–water partition coefficient (Wildman–Crippen LogP) is 0.413. The van der Waals surface area contributed by atoms with Crippen LogP contribution >= 0.6 is 0 Å². The summed E-state index contributed by atoms with van der Waals surface area (Å²) >= 11 is 0. The lowest BCUT2D eigenvalue weighted by Gasteiger charge is -1.80. The molecule has 3 heteroatoms. The second-order valence-corrected chi connectivity index (χ2v) is 1.10. The molecule has 0 radical (unpaired) electrons. The summed E-state index contributed by atoms with van der Waals surface area (Å²) in [5, 5.41) is 9.82. The van der Waals surface area contributed by atoms with Crippen molar-refractivity contribution in [2.24, 2.45) is 0 Å². The van der Waals surface area contributed by atoms with E-state index in [1.165, 1.54) is 0 Å². The Bertz CT molecular complexity index is 226. The van der Waals surface area contributed by atoms with E-state index in [1.54, 1.807) is 0 Å². The molecule has 0 atom stereocenters. The standard InChI is InChI=1S/C6H3NO2/c1-3-5-6(4-2)7(8)9/h1-2,5H/b6-5+. The van der Waals surface area contributed by atoms with E-state index in [-0.39, 0.29) is 0 Å².